The summed E-state index contributed by atoms with van der Waals surface area (Å²) in [5.41, 5.74) is 3.98. The van der Waals surface area contributed by atoms with Crippen LogP contribution < -0.4 is 14.8 Å². The summed E-state index contributed by atoms with van der Waals surface area (Å²) in [7, 11) is 0. The van der Waals surface area contributed by atoms with Gasteiger partial charge in [-0.25, -0.2) is 0 Å². The third-order valence-corrected chi connectivity index (χ3v) is 7.71. The molecule has 0 saturated heterocycles. The number of benzene rings is 3. The van der Waals surface area contributed by atoms with Gasteiger partial charge in [-0.3, -0.25) is 14.4 Å². The van der Waals surface area contributed by atoms with Gasteiger partial charge in [0.15, 0.2) is 11.6 Å². The molecule has 0 aliphatic rings. The Labute approximate surface area is 270 Å². The molecule has 1 aromatic heterocycles. The molecule has 0 bridgehead atoms. The van der Waals surface area contributed by atoms with Crippen molar-refractivity contribution < 1.29 is 28.7 Å². The third kappa shape index (κ3) is 10.9. The quantitative estimate of drug-likeness (QED) is 0.0713. The highest BCUT2D eigenvalue weighted by Gasteiger charge is 2.18. The number of ether oxygens (including phenoxy) is 2. The van der Waals surface area contributed by atoms with E-state index in [0.717, 1.165) is 47.3 Å². The molecule has 0 aliphatic heterocycles. The zero-order chi connectivity index (χ0) is 32.7. The van der Waals surface area contributed by atoms with Crippen LogP contribution in [0, 0.1) is 5.92 Å². The van der Waals surface area contributed by atoms with Gasteiger partial charge in [-0.15, -0.1) is 0 Å². The monoisotopic (exact) mass is 622 g/mol. The highest BCUT2D eigenvalue weighted by atomic mass is 16.5. The number of unbranched alkanes of at least 4 members (excludes halogenated alkanes) is 1. The number of aromatic nitrogens is 1. The number of Topliss-reactive ketones (excluding diaryl/α,β-unsaturated/α-hetero) is 2. The summed E-state index contributed by atoms with van der Waals surface area (Å²) in [4.78, 5) is 50.9. The molecule has 240 valence electrons. The van der Waals surface area contributed by atoms with E-state index in [-0.39, 0.29) is 23.4 Å². The zero-order valence-electron chi connectivity index (χ0n) is 26.5. The van der Waals surface area contributed by atoms with Crippen LogP contribution in [0.3, 0.4) is 0 Å². The van der Waals surface area contributed by atoms with Crippen molar-refractivity contribution in [2.24, 2.45) is 5.92 Å². The molecule has 8 nitrogen and oxygen atoms in total. The fourth-order valence-corrected chi connectivity index (χ4v) is 4.99. The minimum Gasteiger partial charge on any atom is -0.494 e. The minimum atomic E-state index is -0.548. The Kier molecular flexibility index (Phi) is 12.9. The number of aromatic amines is 1. The van der Waals surface area contributed by atoms with Crippen LogP contribution in [0.2, 0.25) is 0 Å². The van der Waals surface area contributed by atoms with E-state index in [0.29, 0.717) is 50.3 Å². The smallest absolute Gasteiger partial charge is 0.223 e. The number of hydrogen-bond donors (Lipinski definition) is 2. The van der Waals surface area contributed by atoms with Crippen LogP contribution in [0.1, 0.15) is 70.8 Å². The van der Waals surface area contributed by atoms with Gasteiger partial charge < -0.3 is 24.6 Å². The van der Waals surface area contributed by atoms with E-state index < -0.39 is 6.04 Å². The lowest BCUT2D eigenvalue weighted by Crippen LogP contribution is -2.41. The molecule has 0 aliphatic carbocycles. The van der Waals surface area contributed by atoms with Gasteiger partial charge in [-0.05, 0) is 85.2 Å². The maximum atomic E-state index is 12.7. The number of ketones is 2. The molecular formula is C38H42N2O6. The molecular weight excluding hydrogens is 580 g/mol. The topological polar surface area (TPSA) is 115 Å². The number of carbonyl (C=O) groups excluding carboxylic acids is 4. The first-order chi connectivity index (χ1) is 22.3. The Hall–Kier alpha value is -4.98. The van der Waals surface area contributed by atoms with Gasteiger partial charge >= 0.3 is 0 Å². The molecule has 1 heterocycles. The van der Waals surface area contributed by atoms with Gasteiger partial charge in [-0.1, -0.05) is 61.5 Å². The number of H-pyrrole nitrogens is 1. The summed E-state index contributed by atoms with van der Waals surface area (Å²) < 4.78 is 11.7. The van der Waals surface area contributed by atoms with Crippen molar-refractivity contribution in [2.45, 2.75) is 58.4 Å². The molecule has 8 heteroatoms. The SMILES string of the molecule is CC(=O)c1ccc(C(=O)CCc2ccc(OCCCCOc3ccc(C[C@H](C)C(=O)NC(C=O)Cc4ccccc4)cc3)cc2)[nH]1. The van der Waals surface area contributed by atoms with Gasteiger partial charge in [0.1, 0.15) is 17.8 Å². The Morgan fingerprint density at radius 3 is 1.87 bits per heavy atom. The first-order valence-corrected chi connectivity index (χ1v) is 15.8. The lowest BCUT2D eigenvalue weighted by molar-refractivity contribution is -0.127. The van der Waals surface area contributed by atoms with E-state index in [9.17, 15) is 19.2 Å². The van der Waals surface area contributed by atoms with Crippen molar-refractivity contribution in [3.8, 4) is 11.5 Å². The molecule has 46 heavy (non-hydrogen) atoms. The number of rotatable bonds is 19. The van der Waals surface area contributed by atoms with Gasteiger partial charge in [0, 0.05) is 19.3 Å². The van der Waals surface area contributed by atoms with E-state index >= 15 is 0 Å². The Morgan fingerprint density at radius 2 is 1.30 bits per heavy atom. The zero-order valence-corrected chi connectivity index (χ0v) is 26.5. The number of aldehydes is 1. The molecule has 0 spiro atoms. The van der Waals surface area contributed by atoms with Crippen LogP contribution in [0.5, 0.6) is 11.5 Å². The Morgan fingerprint density at radius 1 is 0.739 bits per heavy atom. The minimum absolute atomic E-state index is 0.0231. The summed E-state index contributed by atoms with van der Waals surface area (Å²) in [6.45, 7) is 4.47. The average molecular weight is 623 g/mol. The summed E-state index contributed by atoms with van der Waals surface area (Å²) in [6, 6.07) is 27.9. The van der Waals surface area contributed by atoms with Crippen LogP contribution in [-0.4, -0.2) is 48.0 Å². The number of amides is 1. The molecule has 3 aromatic carbocycles. The van der Waals surface area contributed by atoms with Crippen molar-refractivity contribution in [3.63, 3.8) is 0 Å². The van der Waals surface area contributed by atoms with E-state index in [1.54, 1.807) is 12.1 Å². The van der Waals surface area contributed by atoms with Crippen LogP contribution in [0.15, 0.2) is 91.0 Å². The molecule has 1 unspecified atom stereocenters. The lowest BCUT2D eigenvalue weighted by Gasteiger charge is -2.17. The number of aryl methyl sites for hydroxylation is 1. The van der Waals surface area contributed by atoms with Crippen molar-refractivity contribution in [1.82, 2.24) is 10.3 Å². The number of carbonyl (C=O) groups is 4. The molecule has 1 amide bonds. The average Bonchev–Trinajstić information content (AvgIpc) is 3.58. The van der Waals surface area contributed by atoms with Crippen LogP contribution in [0.4, 0.5) is 0 Å². The first kappa shape index (κ1) is 33.9. The third-order valence-electron chi connectivity index (χ3n) is 7.71. The normalized spacial score (nSPS) is 12.1. The lowest BCUT2D eigenvalue weighted by atomic mass is 9.99. The second kappa shape index (κ2) is 17.5. The fourth-order valence-electron chi connectivity index (χ4n) is 4.99. The van der Waals surface area contributed by atoms with Crippen molar-refractivity contribution in [1.29, 1.82) is 0 Å². The Bertz CT molecular complexity index is 1560. The summed E-state index contributed by atoms with van der Waals surface area (Å²) in [5, 5.41) is 2.86. The maximum Gasteiger partial charge on any atom is 0.223 e. The standard InChI is InChI=1S/C38H42N2O6/c1-27(38(44)39-32(26-41)25-30-8-4-3-5-9-30)24-31-12-17-34(18-13-31)46-23-7-6-22-45-33-15-10-29(11-16-33)14-21-37(43)36-20-19-35(40-36)28(2)42/h3-5,8-13,15-20,26-27,32,40H,6-7,14,21-25H2,1-2H3,(H,39,44)/t27-,32?/m0/s1. The Balaban J connectivity index is 1.08. The van der Waals surface area contributed by atoms with Gasteiger partial charge in [0.05, 0.1) is 30.6 Å². The van der Waals surface area contributed by atoms with Gasteiger partial charge in [-0.2, -0.15) is 0 Å². The van der Waals surface area contributed by atoms with E-state index in [2.05, 4.69) is 10.3 Å². The highest BCUT2D eigenvalue weighted by molar-refractivity contribution is 5.98. The van der Waals surface area contributed by atoms with Gasteiger partial charge in [0.25, 0.3) is 0 Å². The van der Waals surface area contributed by atoms with E-state index in [1.807, 2.05) is 85.8 Å². The molecule has 2 N–H and O–H groups in total. The van der Waals surface area contributed by atoms with E-state index in [1.165, 1.54) is 6.92 Å². The second-order valence-electron chi connectivity index (χ2n) is 11.5. The van der Waals surface area contributed by atoms with Crippen molar-refractivity contribution in [2.75, 3.05) is 13.2 Å². The molecule has 0 fully saturated rings. The van der Waals surface area contributed by atoms with Crippen LogP contribution in [-0.2, 0) is 28.9 Å². The van der Waals surface area contributed by atoms with Crippen LogP contribution >= 0.6 is 0 Å². The van der Waals surface area contributed by atoms with E-state index in [4.69, 9.17) is 9.47 Å². The summed E-state index contributed by atoms with van der Waals surface area (Å²) >= 11 is 0. The van der Waals surface area contributed by atoms with Crippen molar-refractivity contribution in [3.05, 3.63) is 119 Å². The highest BCUT2D eigenvalue weighted by Crippen LogP contribution is 2.18. The number of nitrogens with one attached hydrogen (secondary N) is 2. The van der Waals surface area contributed by atoms with Crippen LogP contribution in [0.25, 0.3) is 0 Å². The fraction of sp³-hybridized carbons (Fsp3) is 0.316. The molecule has 4 rings (SSSR count). The van der Waals surface area contributed by atoms with Gasteiger partial charge in [0.2, 0.25) is 5.91 Å². The maximum absolute atomic E-state index is 12.7. The largest absolute Gasteiger partial charge is 0.494 e. The summed E-state index contributed by atoms with van der Waals surface area (Å²) in [5.74, 6) is 1.02. The summed E-state index contributed by atoms with van der Waals surface area (Å²) in [6.07, 6.45) is 4.47. The first-order valence-electron chi connectivity index (χ1n) is 15.8. The predicted molar refractivity (Wildman–Crippen MR) is 178 cm³/mol. The number of hydrogen-bond acceptors (Lipinski definition) is 6. The molecule has 0 radical (unpaired) electrons. The molecule has 0 saturated carbocycles. The molecule has 4 aromatic rings. The predicted octanol–water partition coefficient (Wildman–Crippen LogP) is 6.38. The second-order valence-corrected chi connectivity index (χ2v) is 11.5. The van der Waals surface area contributed by atoms with Crippen molar-refractivity contribution >= 4 is 23.8 Å². The molecule has 2 atom stereocenters.